The van der Waals surface area contributed by atoms with Gasteiger partial charge >= 0.3 is 0 Å². The molecule has 0 atom stereocenters. The highest BCUT2D eigenvalue weighted by Gasteiger charge is 2.17. The number of ether oxygens (including phenoxy) is 2. The van der Waals surface area contributed by atoms with E-state index in [4.69, 9.17) is 9.47 Å². The van der Waals surface area contributed by atoms with Crippen LogP contribution < -0.4 is 14.8 Å². The molecule has 0 aliphatic heterocycles. The SMILES string of the molecule is COc1ccc(OC)c(-c2nc(NC(=O)c3ccc(-c4ccccc4)cc3)sc2C)c1. The van der Waals surface area contributed by atoms with Crippen LogP contribution in [0.15, 0.2) is 72.8 Å². The molecule has 0 unspecified atom stereocenters. The van der Waals surface area contributed by atoms with Crippen LogP contribution in [0, 0.1) is 6.92 Å². The van der Waals surface area contributed by atoms with E-state index >= 15 is 0 Å². The topological polar surface area (TPSA) is 60.5 Å². The van der Waals surface area contributed by atoms with Crippen molar-refractivity contribution in [3.8, 4) is 33.9 Å². The Bertz CT molecular complexity index is 1200. The van der Waals surface area contributed by atoms with Crippen molar-refractivity contribution in [2.75, 3.05) is 19.5 Å². The molecular formula is C25H22N2O3S. The number of hydrogen-bond donors (Lipinski definition) is 1. The van der Waals surface area contributed by atoms with E-state index in [0.29, 0.717) is 22.2 Å². The molecule has 0 fully saturated rings. The molecule has 3 aromatic carbocycles. The minimum Gasteiger partial charge on any atom is -0.497 e. The molecule has 4 aromatic rings. The summed E-state index contributed by atoms with van der Waals surface area (Å²) in [6.07, 6.45) is 0. The fourth-order valence-electron chi connectivity index (χ4n) is 3.31. The third-order valence-electron chi connectivity index (χ3n) is 4.93. The quantitative estimate of drug-likeness (QED) is 0.404. The Morgan fingerprint density at radius 2 is 1.61 bits per heavy atom. The summed E-state index contributed by atoms with van der Waals surface area (Å²) < 4.78 is 10.8. The van der Waals surface area contributed by atoms with Crippen molar-refractivity contribution in [3.05, 3.63) is 83.2 Å². The molecule has 1 heterocycles. The maximum Gasteiger partial charge on any atom is 0.257 e. The number of rotatable bonds is 6. The summed E-state index contributed by atoms with van der Waals surface area (Å²) in [7, 11) is 3.24. The lowest BCUT2D eigenvalue weighted by molar-refractivity contribution is 0.102. The van der Waals surface area contributed by atoms with Crippen LogP contribution >= 0.6 is 11.3 Å². The second kappa shape index (κ2) is 9.02. The van der Waals surface area contributed by atoms with E-state index in [1.54, 1.807) is 14.2 Å². The first-order valence-corrected chi connectivity index (χ1v) is 10.6. The lowest BCUT2D eigenvalue weighted by atomic mass is 10.0. The molecule has 0 aliphatic carbocycles. The lowest BCUT2D eigenvalue weighted by Crippen LogP contribution is -2.11. The van der Waals surface area contributed by atoms with Gasteiger partial charge in [0.05, 0.1) is 19.9 Å². The zero-order valence-corrected chi connectivity index (χ0v) is 18.3. The van der Waals surface area contributed by atoms with Crippen LogP contribution in [0.1, 0.15) is 15.2 Å². The fraction of sp³-hybridized carbons (Fsp3) is 0.120. The average molecular weight is 431 g/mol. The zero-order chi connectivity index (χ0) is 21.8. The van der Waals surface area contributed by atoms with Crippen molar-refractivity contribution >= 4 is 22.4 Å². The number of methoxy groups -OCH3 is 2. The lowest BCUT2D eigenvalue weighted by Gasteiger charge is -2.09. The van der Waals surface area contributed by atoms with Crippen LogP contribution in [0.4, 0.5) is 5.13 Å². The van der Waals surface area contributed by atoms with Crippen LogP contribution in [-0.2, 0) is 0 Å². The van der Waals surface area contributed by atoms with Gasteiger partial charge in [-0.15, -0.1) is 11.3 Å². The number of amides is 1. The van der Waals surface area contributed by atoms with E-state index in [0.717, 1.165) is 27.3 Å². The second-order valence-electron chi connectivity index (χ2n) is 6.89. The van der Waals surface area contributed by atoms with Gasteiger partial charge in [-0.05, 0) is 48.4 Å². The van der Waals surface area contributed by atoms with E-state index in [-0.39, 0.29) is 5.91 Å². The molecule has 6 heteroatoms. The highest BCUT2D eigenvalue weighted by atomic mass is 32.1. The van der Waals surface area contributed by atoms with Gasteiger partial charge in [-0.1, -0.05) is 42.5 Å². The predicted molar refractivity (Wildman–Crippen MR) is 125 cm³/mol. The van der Waals surface area contributed by atoms with Crippen LogP contribution in [0.2, 0.25) is 0 Å². The van der Waals surface area contributed by atoms with Gasteiger partial charge in [-0.25, -0.2) is 4.98 Å². The van der Waals surface area contributed by atoms with Crippen molar-refractivity contribution in [1.82, 2.24) is 4.98 Å². The molecule has 1 N–H and O–H groups in total. The monoisotopic (exact) mass is 430 g/mol. The first kappa shape index (κ1) is 20.6. The van der Waals surface area contributed by atoms with Crippen molar-refractivity contribution < 1.29 is 14.3 Å². The van der Waals surface area contributed by atoms with Crippen LogP contribution in [-0.4, -0.2) is 25.1 Å². The van der Waals surface area contributed by atoms with E-state index in [9.17, 15) is 4.79 Å². The second-order valence-corrected chi connectivity index (χ2v) is 8.09. The molecule has 0 aliphatic rings. The van der Waals surface area contributed by atoms with Crippen LogP contribution in [0.3, 0.4) is 0 Å². The molecule has 156 valence electrons. The minimum absolute atomic E-state index is 0.197. The van der Waals surface area contributed by atoms with E-state index in [1.807, 2.05) is 79.7 Å². The van der Waals surface area contributed by atoms with Crippen molar-refractivity contribution in [3.63, 3.8) is 0 Å². The summed E-state index contributed by atoms with van der Waals surface area (Å²) in [5.41, 5.74) is 4.34. The predicted octanol–water partition coefficient (Wildman–Crippen LogP) is 6.06. The van der Waals surface area contributed by atoms with E-state index in [2.05, 4.69) is 10.3 Å². The average Bonchev–Trinajstić information content (AvgIpc) is 3.18. The Morgan fingerprint density at radius 1 is 0.903 bits per heavy atom. The maximum atomic E-state index is 12.8. The van der Waals surface area contributed by atoms with Crippen LogP contribution in [0.5, 0.6) is 11.5 Å². The van der Waals surface area contributed by atoms with Gasteiger partial charge in [0.1, 0.15) is 11.5 Å². The summed E-state index contributed by atoms with van der Waals surface area (Å²) in [6, 6.07) is 23.2. The number of nitrogens with one attached hydrogen (secondary N) is 1. The maximum absolute atomic E-state index is 12.8. The summed E-state index contributed by atoms with van der Waals surface area (Å²) >= 11 is 1.43. The zero-order valence-electron chi connectivity index (χ0n) is 17.5. The summed E-state index contributed by atoms with van der Waals surface area (Å²) in [4.78, 5) is 18.4. The summed E-state index contributed by atoms with van der Waals surface area (Å²) in [5.74, 6) is 1.22. The molecule has 5 nitrogen and oxygen atoms in total. The van der Waals surface area contributed by atoms with Gasteiger partial charge in [-0.2, -0.15) is 0 Å². The Hall–Kier alpha value is -3.64. The number of nitrogens with zero attached hydrogens (tertiary/aromatic N) is 1. The molecule has 0 radical (unpaired) electrons. The molecule has 31 heavy (non-hydrogen) atoms. The number of carbonyl (C=O) groups excluding carboxylic acids is 1. The number of aromatic nitrogens is 1. The largest absolute Gasteiger partial charge is 0.497 e. The van der Waals surface area contributed by atoms with Gasteiger partial charge in [0.2, 0.25) is 0 Å². The number of thiazole rings is 1. The Morgan fingerprint density at radius 3 is 2.29 bits per heavy atom. The fourth-order valence-corrected chi connectivity index (χ4v) is 4.14. The molecule has 1 amide bonds. The molecule has 0 saturated carbocycles. The Balaban J connectivity index is 1.55. The van der Waals surface area contributed by atoms with Crippen molar-refractivity contribution in [1.29, 1.82) is 0 Å². The number of benzene rings is 3. The highest BCUT2D eigenvalue weighted by molar-refractivity contribution is 7.16. The Labute approximate surface area is 185 Å². The third-order valence-corrected chi connectivity index (χ3v) is 5.82. The van der Waals surface area contributed by atoms with Crippen LogP contribution in [0.25, 0.3) is 22.4 Å². The van der Waals surface area contributed by atoms with E-state index in [1.165, 1.54) is 11.3 Å². The molecule has 0 bridgehead atoms. The molecular weight excluding hydrogens is 408 g/mol. The first-order chi connectivity index (χ1) is 15.1. The van der Waals surface area contributed by atoms with Gasteiger partial charge in [-0.3, -0.25) is 10.1 Å². The molecule has 4 rings (SSSR count). The standard InChI is InChI=1S/C25H22N2O3S/c1-16-23(21-15-20(29-2)13-14-22(21)30-3)26-25(31-16)27-24(28)19-11-9-18(10-12-19)17-7-5-4-6-8-17/h4-15H,1-3H3,(H,26,27,28). The number of hydrogen-bond acceptors (Lipinski definition) is 5. The number of anilines is 1. The van der Waals surface area contributed by atoms with Gasteiger partial charge in [0.25, 0.3) is 5.91 Å². The smallest absolute Gasteiger partial charge is 0.257 e. The number of aryl methyl sites for hydroxylation is 1. The Kier molecular flexibility index (Phi) is 6.00. The van der Waals surface area contributed by atoms with E-state index < -0.39 is 0 Å². The van der Waals surface area contributed by atoms with Gasteiger partial charge < -0.3 is 9.47 Å². The highest BCUT2D eigenvalue weighted by Crippen LogP contribution is 2.38. The molecule has 0 spiro atoms. The summed E-state index contributed by atoms with van der Waals surface area (Å²) in [6.45, 7) is 1.97. The van der Waals surface area contributed by atoms with Crippen molar-refractivity contribution in [2.24, 2.45) is 0 Å². The molecule has 0 saturated heterocycles. The van der Waals surface area contributed by atoms with Gasteiger partial charge in [0.15, 0.2) is 5.13 Å². The third kappa shape index (κ3) is 4.44. The number of carbonyl (C=O) groups is 1. The summed E-state index contributed by atoms with van der Waals surface area (Å²) in [5, 5.41) is 3.45. The first-order valence-electron chi connectivity index (χ1n) is 9.75. The van der Waals surface area contributed by atoms with Crippen molar-refractivity contribution in [2.45, 2.75) is 6.92 Å². The molecule has 1 aromatic heterocycles. The normalized spacial score (nSPS) is 10.5. The van der Waals surface area contributed by atoms with Gasteiger partial charge in [0, 0.05) is 16.0 Å². The minimum atomic E-state index is -0.197.